The Balaban J connectivity index is 2.04. The maximum absolute atomic E-state index is 13.2. The smallest absolute Gasteiger partial charge is 0.416 e. The third kappa shape index (κ3) is 4.65. The minimum atomic E-state index is -4.65. The van der Waals surface area contributed by atoms with Gasteiger partial charge in [-0.05, 0) is 29.6 Å². The number of anilines is 2. The summed E-state index contributed by atoms with van der Waals surface area (Å²) in [5.41, 5.74) is -0.936. The number of alkyl halides is 3. The lowest BCUT2D eigenvalue weighted by Gasteiger charge is -2.31. The quantitative estimate of drug-likeness (QED) is 0.705. The fraction of sp³-hybridized carbons (Fsp3) is 0.353. The first kappa shape index (κ1) is 21.4. The molecule has 0 unspecified atom stereocenters. The van der Waals surface area contributed by atoms with Crippen LogP contribution in [0.15, 0.2) is 34.5 Å². The topological polar surface area (TPSA) is 84.9 Å². The monoisotopic (exact) mass is 450 g/mol. The Morgan fingerprint density at radius 1 is 1.24 bits per heavy atom. The molecule has 0 radical (unpaired) electrons. The summed E-state index contributed by atoms with van der Waals surface area (Å²) in [6, 6.07) is 4.06. The van der Waals surface area contributed by atoms with Crippen molar-refractivity contribution in [1.82, 2.24) is 0 Å². The van der Waals surface area contributed by atoms with Crippen LogP contribution in [-0.4, -0.2) is 47.8 Å². The average Bonchev–Trinajstić information content (AvgIpc) is 3.18. The minimum absolute atomic E-state index is 0.167. The number of carbonyl (C=O) groups excluding carboxylic acids is 1. The number of sulfonamides is 1. The Morgan fingerprint density at radius 3 is 2.55 bits per heavy atom. The molecule has 1 N–H and O–H groups in total. The maximum atomic E-state index is 13.2. The van der Waals surface area contributed by atoms with Crippen molar-refractivity contribution in [1.29, 1.82) is 0 Å². The van der Waals surface area contributed by atoms with Crippen LogP contribution in [0.1, 0.15) is 15.2 Å². The zero-order chi connectivity index (χ0) is 21.2. The summed E-state index contributed by atoms with van der Waals surface area (Å²) in [6.07, 6.45) is -4.65. The SMILES string of the molecule is COC(=O)c1sccc1S(=O)(=O)Nc1cc(C(F)(F)F)ccc1N1CCOCC1. The number of ether oxygens (including phenoxy) is 2. The predicted molar refractivity (Wildman–Crippen MR) is 101 cm³/mol. The molecule has 7 nitrogen and oxygen atoms in total. The molecule has 1 aromatic heterocycles. The van der Waals surface area contributed by atoms with E-state index in [2.05, 4.69) is 9.46 Å². The summed E-state index contributed by atoms with van der Waals surface area (Å²) in [6.45, 7) is 1.52. The van der Waals surface area contributed by atoms with E-state index in [1.165, 1.54) is 17.5 Å². The second-order valence-electron chi connectivity index (χ2n) is 6.04. The molecule has 158 valence electrons. The molecule has 3 rings (SSSR count). The highest BCUT2D eigenvalue weighted by molar-refractivity contribution is 7.93. The van der Waals surface area contributed by atoms with Crippen LogP contribution in [0.3, 0.4) is 0 Å². The van der Waals surface area contributed by atoms with Crippen molar-refractivity contribution in [2.75, 3.05) is 43.0 Å². The highest BCUT2D eigenvalue weighted by Gasteiger charge is 2.33. The van der Waals surface area contributed by atoms with Crippen molar-refractivity contribution in [3.63, 3.8) is 0 Å². The number of rotatable bonds is 5. The minimum Gasteiger partial charge on any atom is -0.465 e. The van der Waals surface area contributed by atoms with Gasteiger partial charge in [-0.1, -0.05) is 0 Å². The number of halogens is 3. The van der Waals surface area contributed by atoms with Crippen LogP contribution < -0.4 is 9.62 Å². The molecule has 0 aliphatic carbocycles. The second-order valence-corrected chi connectivity index (χ2v) is 8.61. The Bertz CT molecular complexity index is 999. The summed E-state index contributed by atoms with van der Waals surface area (Å²) in [4.78, 5) is 13.0. The van der Waals surface area contributed by atoms with Crippen molar-refractivity contribution in [2.45, 2.75) is 11.1 Å². The summed E-state index contributed by atoms with van der Waals surface area (Å²) < 4.78 is 77.3. The number of nitrogens with one attached hydrogen (secondary N) is 1. The number of esters is 1. The molecule has 1 saturated heterocycles. The van der Waals surface area contributed by atoms with Gasteiger partial charge in [-0.3, -0.25) is 4.72 Å². The van der Waals surface area contributed by atoms with E-state index in [1.54, 1.807) is 4.90 Å². The molecule has 2 aromatic rings. The number of morpholine rings is 1. The van der Waals surface area contributed by atoms with Crippen molar-refractivity contribution in [3.05, 3.63) is 40.1 Å². The van der Waals surface area contributed by atoms with E-state index in [0.717, 1.165) is 30.6 Å². The Labute approximate surface area is 169 Å². The van der Waals surface area contributed by atoms with E-state index in [4.69, 9.17) is 4.74 Å². The lowest BCUT2D eigenvalue weighted by atomic mass is 10.1. The van der Waals surface area contributed by atoms with Crippen LogP contribution in [0.5, 0.6) is 0 Å². The molecule has 0 spiro atoms. The summed E-state index contributed by atoms with van der Waals surface area (Å²) in [7, 11) is -3.24. The van der Waals surface area contributed by atoms with Crippen LogP contribution in [-0.2, 0) is 25.7 Å². The zero-order valence-electron chi connectivity index (χ0n) is 15.2. The average molecular weight is 450 g/mol. The van der Waals surface area contributed by atoms with Gasteiger partial charge in [0.25, 0.3) is 10.0 Å². The van der Waals surface area contributed by atoms with Gasteiger partial charge < -0.3 is 14.4 Å². The van der Waals surface area contributed by atoms with Gasteiger partial charge in [0.05, 0.1) is 37.3 Å². The van der Waals surface area contributed by atoms with E-state index < -0.39 is 27.7 Å². The largest absolute Gasteiger partial charge is 0.465 e. The van der Waals surface area contributed by atoms with Crippen molar-refractivity contribution >= 4 is 38.7 Å². The molecule has 1 fully saturated rings. The Kier molecular flexibility index (Phi) is 6.05. The predicted octanol–water partition coefficient (Wildman–Crippen LogP) is 3.19. The molecule has 29 heavy (non-hydrogen) atoms. The molecule has 1 aliphatic rings. The second kappa shape index (κ2) is 8.20. The molecule has 0 amide bonds. The van der Waals surface area contributed by atoms with Gasteiger partial charge >= 0.3 is 12.1 Å². The summed E-state index contributed by atoms with van der Waals surface area (Å²) in [5, 5.41) is 1.38. The van der Waals surface area contributed by atoms with Gasteiger partial charge in [-0.15, -0.1) is 11.3 Å². The zero-order valence-corrected chi connectivity index (χ0v) is 16.8. The van der Waals surface area contributed by atoms with Crippen molar-refractivity contribution < 1.29 is 35.9 Å². The summed E-state index contributed by atoms with van der Waals surface area (Å²) in [5.74, 6) is -0.849. The number of methoxy groups -OCH3 is 1. The van der Waals surface area contributed by atoms with Crippen molar-refractivity contribution in [2.24, 2.45) is 0 Å². The Morgan fingerprint density at radius 2 is 1.93 bits per heavy atom. The number of nitrogens with zero attached hydrogens (tertiary/aromatic N) is 1. The molecule has 0 bridgehead atoms. The number of benzene rings is 1. The van der Waals surface area contributed by atoms with E-state index in [0.29, 0.717) is 32.0 Å². The van der Waals surface area contributed by atoms with Gasteiger partial charge in [0.1, 0.15) is 9.77 Å². The number of hydrogen-bond donors (Lipinski definition) is 1. The van der Waals surface area contributed by atoms with Gasteiger partial charge in [-0.25, -0.2) is 13.2 Å². The fourth-order valence-electron chi connectivity index (χ4n) is 2.82. The first-order chi connectivity index (χ1) is 13.6. The maximum Gasteiger partial charge on any atom is 0.416 e. The van der Waals surface area contributed by atoms with Crippen LogP contribution in [0.2, 0.25) is 0 Å². The number of carbonyl (C=O) groups is 1. The number of thiophene rings is 1. The first-order valence-corrected chi connectivity index (χ1v) is 10.7. The summed E-state index contributed by atoms with van der Waals surface area (Å²) >= 11 is 0.859. The Hall–Kier alpha value is -2.31. The van der Waals surface area contributed by atoms with Gasteiger partial charge in [0, 0.05) is 13.1 Å². The lowest BCUT2D eigenvalue weighted by Crippen LogP contribution is -2.37. The third-order valence-electron chi connectivity index (χ3n) is 4.21. The molecule has 1 aromatic carbocycles. The molecular formula is C17H17F3N2O5S2. The standard InChI is InChI=1S/C17H17F3N2O5S2/c1-26-16(23)15-14(4-9-28-15)29(24,25)21-12-10-11(17(18,19)20)2-3-13(12)22-5-7-27-8-6-22/h2-4,9-10,21H,5-8H2,1H3. The van der Waals surface area contributed by atoms with Crippen molar-refractivity contribution in [3.8, 4) is 0 Å². The lowest BCUT2D eigenvalue weighted by molar-refractivity contribution is -0.137. The van der Waals surface area contributed by atoms with E-state index in [9.17, 15) is 26.4 Å². The van der Waals surface area contributed by atoms with E-state index >= 15 is 0 Å². The van der Waals surface area contributed by atoms with Gasteiger partial charge in [-0.2, -0.15) is 13.2 Å². The van der Waals surface area contributed by atoms with Crippen LogP contribution in [0.25, 0.3) is 0 Å². The van der Waals surface area contributed by atoms with Gasteiger partial charge in [0.2, 0.25) is 0 Å². The van der Waals surface area contributed by atoms with Gasteiger partial charge in [0.15, 0.2) is 0 Å². The van der Waals surface area contributed by atoms with E-state index in [1.807, 2.05) is 0 Å². The highest BCUT2D eigenvalue weighted by atomic mass is 32.2. The van der Waals surface area contributed by atoms with Crippen LogP contribution >= 0.6 is 11.3 Å². The fourth-order valence-corrected chi connectivity index (χ4v) is 5.23. The number of hydrogen-bond acceptors (Lipinski definition) is 7. The molecule has 0 atom stereocenters. The molecule has 1 aliphatic heterocycles. The highest BCUT2D eigenvalue weighted by Crippen LogP contribution is 2.37. The van der Waals surface area contributed by atoms with Crippen LogP contribution in [0.4, 0.5) is 24.5 Å². The normalized spacial score (nSPS) is 15.2. The third-order valence-corrected chi connectivity index (χ3v) is 6.64. The van der Waals surface area contributed by atoms with E-state index in [-0.39, 0.29) is 15.5 Å². The molecule has 0 saturated carbocycles. The molecular weight excluding hydrogens is 433 g/mol. The molecule has 2 heterocycles. The van der Waals surface area contributed by atoms with Crippen LogP contribution in [0, 0.1) is 0 Å². The molecule has 12 heteroatoms. The first-order valence-electron chi connectivity index (χ1n) is 8.36.